The quantitative estimate of drug-likeness (QED) is 0.922. The summed E-state index contributed by atoms with van der Waals surface area (Å²) in [5.41, 5.74) is 7.00. The number of halogens is 2. The Morgan fingerprint density at radius 1 is 1.29 bits per heavy atom. The van der Waals surface area contributed by atoms with E-state index in [1.54, 1.807) is 13.2 Å². The van der Waals surface area contributed by atoms with Crippen molar-refractivity contribution in [3.05, 3.63) is 50.1 Å². The van der Waals surface area contributed by atoms with Crippen molar-refractivity contribution in [1.29, 1.82) is 0 Å². The summed E-state index contributed by atoms with van der Waals surface area (Å²) in [5.74, 6) is 0.776. The zero-order chi connectivity index (χ0) is 12.4. The first kappa shape index (κ1) is 12.7. The third-order valence-corrected chi connectivity index (χ3v) is 4.29. The molecule has 0 aliphatic carbocycles. The maximum Gasteiger partial charge on any atom is 0.134 e. The molecule has 0 saturated heterocycles. The summed E-state index contributed by atoms with van der Waals surface area (Å²) in [6, 6.07) is 7.02. The van der Waals surface area contributed by atoms with Gasteiger partial charge in [0, 0.05) is 0 Å². The Bertz CT molecular complexity index is 527. The summed E-state index contributed by atoms with van der Waals surface area (Å²) in [6.07, 6.45) is 0. The molecule has 0 fully saturated rings. The fraction of sp³-hybridized carbons (Fsp3) is 0.167. The summed E-state index contributed by atoms with van der Waals surface area (Å²) in [5, 5.41) is 2.94. The summed E-state index contributed by atoms with van der Waals surface area (Å²) in [4.78, 5) is 0.941. The average molecular weight is 288 g/mol. The molecular formula is C12H11Cl2NOS. The molecule has 2 rings (SSSR count). The first-order valence-electron chi connectivity index (χ1n) is 4.96. The number of hydrogen-bond acceptors (Lipinski definition) is 3. The zero-order valence-corrected chi connectivity index (χ0v) is 11.4. The van der Waals surface area contributed by atoms with E-state index in [1.807, 2.05) is 23.6 Å². The van der Waals surface area contributed by atoms with E-state index in [0.717, 1.165) is 16.2 Å². The molecule has 90 valence electrons. The third-order valence-electron chi connectivity index (χ3n) is 2.48. The van der Waals surface area contributed by atoms with Crippen molar-refractivity contribution in [2.75, 3.05) is 7.11 Å². The molecule has 1 atom stereocenters. The van der Waals surface area contributed by atoms with Crippen LogP contribution in [0.4, 0.5) is 0 Å². The number of thiophene rings is 1. The van der Waals surface area contributed by atoms with E-state index in [0.29, 0.717) is 10.0 Å². The lowest BCUT2D eigenvalue weighted by Gasteiger charge is -2.14. The average Bonchev–Trinajstić information content (AvgIpc) is 2.80. The topological polar surface area (TPSA) is 35.2 Å². The summed E-state index contributed by atoms with van der Waals surface area (Å²) in [7, 11) is 1.62. The molecule has 2 N–H and O–H groups in total. The second kappa shape index (κ2) is 5.27. The number of rotatable bonds is 3. The highest BCUT2D eigenvalue weighted by Gasteiger charge is 2.18. The van der Waals surface area contributed by atoms with Crippen molar-refractivity contribution >= 4 is 34.5 Å². The third kappa shape index (κ3) is 2.43. The van der Waals surface area contributed by atoms with Gasteiger partial charge in [-0.05, 0) is 23.1 Å². The molecule has 0 bridgehead atoms. The number of benzene rings is 1. The molecule has 2 aromatic rings. The highest BCUT2D eigenvalue weighted by atomic mass is 35.5. The van der Waals surface area contributed by atoms with Crippen LogP contribution in [0.2, 0.25) is 10.0 Å². The van der Waals surface area contributed by atoms with Crippen LogP contribution in [0.5, 0.6) is 5.75 Å². The monoisotopic (exact) mass is 287 g/mol. The predicted octanol–water partition coefficient (Wildman–Crippen LogP) is 4.11. The van der Waals surface area contributed by atoms with Gasteiger partial charge in [0.25, 0.3) is 0 Å². The second-order valence-electron chi connectivity index (χ2n) is 3.47. The Morgan fingerprint density at radius 3 is 2.76 bits per heavy atom. The maximum absolute atomic E-state index is 6.19. The Hall–Kier alpha value is -0.740. The van der Waals surface area contributed by atoms with E-state index in [4.69, 9.17) is 33.7 Å². The molecule has 0 aliphatic rings. The lowest BCUT2D eigenvalue weighted by Crippen LogP contribution is -2.11. The Balaban J connectivity index is 2.44. The molecule has 2 nitrogen and oxygen atoms in total. The molecule has 1 unspecified atom stereocenters. The number of hydrogen-bond donors (Lipinski definition) is 1. The van der Waals surface area contributed by atoms with Crippen LogP contribution in [0.25, 0.3) is 0 Å². The van der Waals surface area contributed by atoms with Gasteiger partial charge in [0.2, 0.25) is 0 Å². The minimum Gasteiger partial charge on any atom is -0.496 e. The molecule has 0 amide bonds. The van der Waals surface area contributed by atoms with Gasteiger partial charge in [-0.2, -0.15) is 0 Å². The maximum atomic E-state index is 6.19. The van der Waals surface area contributed by atoms with E-state index < -0.39 is 0 Å². The van der Waals surface area contributed by atoms with Crippen LogP contribution in [-0.4, -0.2) is 7.11 Å². The van der Waals surface area contributed by atoms with Crippen molar-refractivity contribution < 1.29 is 4.74 Å². The van der Waals surface area contributed by atoms with E-state index in [9.17, 15) is 0 Å². The lowest BCUT2D eigenvalue weighted by molar-refractivity contribution is 0.411. The Morgan fingerprint density at radius 2 is 2.06 bits per heavy atom. The normalized spacial score (nSPS) is 12.5. The molecule has 0 spiro atoms. The van der Waals surface area contributed by atoms with Gasteiger partial charge in [-0.15, -0.1) is 11.3 Å². The molecule has 1 aromatic heterocycles. The number of methoxy groups -OCH3 is 1. The van der Waals surface area contributed by atoms with Gasteiger partial charge in [0.05, 0.1) is 28.1 Å². The molecule has 0 saturated carbocycles. The number of nitrogens with two attached hydrogens (primary N) is 1. The SMILES string of the molecule is COc1ccsc1C(N)c1cccc(Cl)c1Cl. The molecule has 1 aromatic carbocycles. The number of ether oxygens (including phenoxy) is 1. The van der Waals surface area contributed by atoms with Crippen molar-refractivity contribution in [1.82, 2.24) is 0 Å². The minimum absolute atomic E-state index is 0.323. The zero-order valence-electron chi connectivity index (χ0n) is 9.11. The largest absolute Gasteiger partial charge is 0.496 e. The van der Waals surface area contributed by atoms with Gasteiger partial charge in [-0.3, -0.25) is 0 Å². The van der Waals surface area contributed by atoms with Crippen LogP contribution >= 0.6 is 34.5 Å². The lowest BCUT2D eigenvalue weighted by atomic mass is 10.1. The Kier molecular flexibility index (Phi) is 3.94. The van der Waals surface area contributed by atoms with Gasteiger partial charge in [0.1, 0.15) is 5.75 Å². The first-order chi connectivity index (χ1) is 8.15. The first-order valence-corrected chi connectivity index (χ1v) is 6.59. The molecule has 5 heteroatoms. The smallest absolute Gasteiger partial charge is 0.134 e. The van der Waals surface area contributed by atoms with Gasteiger partial charge in [-0.25, -0.2) is 0 Å². The van der Waals surface area contributed by atoms with Gasteiger partial charge >= 0.3 is 0 Å². The fourth-order valence-electron chi connectivity index (χ4n) is 1.61. The summed E-state index contributed by atoms with van der Waals surface area (Å²) < 4.78 is 5.25. The predicted molar refractivity (Wildman–Crippen MR) is 73.4 cm³/mol. The van der Waals surface area contributed by atoms with E-state index in [1.165, 1.54) is 11.3 Å². The molecule has 0 aliphatic heterocycles. The van der Waals surface area contributed by atoms with Gasteiger partial charge in [-0.1, -0.05) is 35.3 Å². The van der Waals surface area contributed by atoms with Crippen LogP contribution in [-0.2, 0) is 0 Å². The van der Waals surface area contributed by atoms with Gasteiger partial charge in [0.15, 0.2) is 0 Å². The van der Waals surface area contributed by atoms with E-state index in [-0.39, 0.29) is 6.04 Å². The van der Waals surface area contributed by atoms with Crippen molar-refractivity contribution in [3.63, 3.8) is 0 Å². The molecular weight excluding hydrogens is 277 g/mol. The molecule has 1 heterocycles. The van der Waals surface area contributed by atoms with Crippen LogP contribution < -0.4 is 10.5 Å². The standard InChI is InChI=1S/C12H11Cl2NOS/c1-16-9-5-6-17-12(9)11(15)7-3-2-4-8(13)10(7)14/h2-6,11H,15H2,1H3. The summed E-state index contributed by atoms with van der Waals surface area (Å²) in [6.45, 7) is 0. The highest BCUT2D eigenvalue weighted by Crippen LogP contribution is 2.37. The minimum atomic E-state index is -0.323. The van der Waals surface area contributed by atoms with Crippen LogP contribution in [0.3, 0.4) is 0 Å². The second-order valence-corrected chi connectivity index (χ2v) is 5.21. The molecule has 0 radical (unpaired) electrons. The van der Waals surface area contributed by atoms with Crippen molar-refractivity contribution in [2.24, 2.45) is 5.73 Å². The molecule has 17 heavy (non-hydrogen) atoms. The Labute approximate surface area is 114 Å². The van der Waals surface area contributed by atoms with Crippen LogP contribution in [0.1, 0.15) is 16.5 Å². The fourth-order valence-corrected chi connectivity index (χ4v) is 2.91. The van der Waals surface area contributed by atoms with Crippen molar-refractivity contribution in [2.45, 2.75) is 6.04 Å². The van der Waals surface area contributed by atoms with E-state index >= 15 is 0 Å². The van der Waals surface area contributed by atoms with Gasteiger partial charge < -0.3 is 10.5 Å². The van der Waals surface area contributed by atoms with Crippen molar-refractivity contribution in [3.8, 4) is 5.75 Å². The summed E-state index contributed by atoms with van der Waals surface area (Å²) >= 11 is 13.7. The van der Waals surface area contributed by atoms with E-state index in [2.05, 4.69) is 0 Å². The van der Waals surface area contributed by atoms with Crippen LogP contribution in [0.15, 0.2) is 29.6 Å². The highest BCUT2D eigenvalue weighted by molar-refractivity contribution is 7.10. The van der Waals surface area contributed by atoms with Crippen LogP contribution in [0, 0.1) is 0 Å².